The molecule has 2 aromatic carbocycles. The van der Waals surface area contributed by atoms with Crippen LogP contribution >= 0.6 is 0 Å². The van der Waals surface area contributed by atoms with E-state index in [9.17, 15) is 9.18 Å². The lowest BCUT2D eigenvalue weighted by Gasteiger charge is -2.11. The van der Waals surface area contributed by atoms with Gasteiger partial charge < -0.3 is 15.4 Å². The first-order valence-electron chi connectivity index (χ1n) is 8.56. The summed E-state index contributed by atoms with van der Waals surface area (Å²) in [6, 6.07) is 16.6. The number of ether oxygens (including phenoxy) is 1. The number of pyridine rings is 1. The largest absolute Gasteiger partial charge is 0.491 e. The molecule has 0 atom stereocenters. The summed E-state index contributed by atoms with van der Waals surface area (Å²) in [6.07, 6.45) is 1.56. The van der Waals surface area contributed by atoms with E-state index >= 15 is 0 Å². The third kappa shape index (κ3) is 5.28. The molecule has 0 bridgehead atoms. The molecular weight excluding hydrogens is 345 g/mol. The van der Waals surface area contributed by atoms with Crippen molar-refractivity contribution in [2.45, 2.75) is 20.0 Å². The Balaban J connectivity index is 1.61. The van der Waals surface area contributed by atoms with Crippen molar-refractivity contribution >= 4 is 23.1 Å². The van der Waals surface area contributed by atoms with E-state index in [0.717, 1.165) is 5.75 Å². The molecule has 0 unspecified atom stereocenters. The number of carbonyl (C=O) groups excluding carboxylic acids is 1. The Kier molecular flexibility index (Phi) is 5.66. The molecule has 0 fully saturated rings. The fourth-order valence-electron chi connectivity index (χ4n) is 2.41. The van der Waals surface area contributed by atoms with E-state index in [0.29, 0.717) is 22.8 Å². The van der Waals surface area contributed by atoms with Gasteiger partial charge in [-0.25, -0.2) is 9.37 Å². The summed E-state index contributed by atoms with van der Waals surface area (Å²) in [5, 5.41) is 5.80. The monoisotopic (exact) mass is 365 g/mol. The zero-order valence-corrected chi connectivity index (χ0v) is 15.1. The summed E-state index contributed by atoms with van der Waals surface area (Å²) in [5.74, 6) is 0.669. The van der Waals surface area contributed by atoms with E-state index in [2.05, 4.69) is 15.6 Å². The van der Waals surface area contributed by atoms with Gasteiger partial charge in [-0.15, -0.1) is 0 Å². The minimum absolute atomic E-state index is 0.0935. The van der Waals surface area contributed by atoms with Crippen LogP contribution in [-0.4, -0.2) is 17.0 Å². The SMILES string of the molecule is CC(C)Oc1ccc(NC(=O)c2ccc(Nc3cccc(F)c3)nc2)cc1. The molecule has 27 heavy (non-hydrogen) atoms. The molecule has 0 saturated heterocycles. The van der Waals surface area contributed by atoms with Crippen LogP contribution in [-0.2, 0) is 0 Å². The quantitative estimate of drug-likeness (QED) is 0.645. The number of carbonyl (C=O) groups is 1. The number of anilines is 3. The zero-order valence-electron chi connectivity index (χ0n) is 15.1. The van der Waals surface area contributed by atoms with Gasteiger partial charge in [0.1, 0.15) is 17.4 Å². The summed E-state index contributed by atoms with van der Waals surface area (Å²) in [6.45, 7) is 3.91. The number of benzene rings is 2. The van der Waals surface area contributed by atoms with E-state index in [1.807, 2.05) is 13.8 Å². The van der Waals surface area contributed by atoms with Crippen LogP contribution in [0, 0.1) is 5.82 Å². The second kappa shape index (κ2) is 8.31. The molecule has 1 amide bonds. The molecule has 6 heteroatoms. The number of hydrogen-bond acceptors (Lipinski definition) is 4. The molecule has 0 aliphatic rings. The van der Waals surface area contributed by atoms with Crippen molar-refractivity contribution in [2.24, 2.45) is 0 Å². The molecule has 0 spiro atoms. The highest BCUT2D eigenvalue weighted by Crippen LogP contribution is 2.19. The molecule has 5 nitrogen and oxygen atoms in total. The van der Waals surface area contributed by atoms with Crippen LogP contribution in [0.25, 0.3) is 0 Å². The predicted octanol–water partition coefficient (Wildman–Crippen LogP) is 5.00. The predicted molar refractivity (Wildman–Crippen MR) is 104 cm³/mol. The van der Waals surface area contributed by atoms with Crippen LogP contribution in [0.2, 0.25) is 0 Å². The molecule has 0 saturated carbocycles. The average Bonchev–Trinajstić information content (AvgIpc) is 2.63. The van der Waals surface area contributed by atoms with Crippen molar-refractivity contribution < 1.29 is 13.9 Å². The second-order valence-corrected chi connectivity index (χ2v) is 6.21. The van der Waals surface area contributed by atoms with E-state index in [-0.39, 0.29) is 17.8 Å². The third-order valence-electron chi connectivity index (χ3n) is 3.61. The number of rotatable bonds is 6. The van der Waals surface area contributed by atoms with Gasteiger partial charge in [0.25, 0.3) is 5.91 Å². The molecule has 1 heterocycles. The van der Waals surface area contributed by atoms with Crippen molar-refractivity contribution in [1.82, 2.24) is 4.98 Å². The lowest BCUT2D eigenvalue weighted by Crippen LogP contribution is -2.12. The maximum absolute atomic E-state index is 13.2. The Morgan fingerprint density at radius 2 is 1.81 bits per heavy atom. The van der Waals surface area contributed by atoms with E-state index in [1.54, 1.807) is 48.5 Å². The Hall–Kier alpha value is -3.41. The molecule has 138 valence electrons. The van der Waals surface area contributed by atoms with Crippen LogP contribution in [0.4, 0.5) is 21.6 Å². The molecule has 3 rings (SSSR count). The first-order valence-corrected chi connectivity index (χ1v) is 8.56. The van der Waals surface area contributed by atoms with Crippen LogP contribution in [0.15, 0.2) is 66.9 Å². The smallest absolute Gasteiger partial charge is 0.257 e. The van der Waals surface area contributed by atoms with Gasteiger partial charge in [0.15, 0.2) is 0 Å². The lowest BCUT2D eigenvalue weighted by molar-refractivity contribution is 0.102. The molecule has 2 N–H and O–H groups in total. The Bertz CT molecular complexity index is 909. The van der Waals surface area contributed by atoms with Gasteiger partial charge in [0.2, 0.25) is 0 Å². The first kappa shape index (κ1) is 18.4. The average molecular weight is 365 g/mol. The van der Waals surface area contributed by atoms with Gasteiger partial charge in [0.05, 0.1) is 11.7 Å². The number of halogens is 1. The van der Waals surface area contributed by atoms with Crippen LogP contribution < -0.4 is 15.4 Å². The third-order valence-corrected chi connectivity index (χ3v) is 3.61. The number of aromatic nitrogens is 1. The topological polar surface area (TPSA) is 63.2 Å². The fraction of sp³-hybridized carbons (Fsp3) is 0.143. The Labute approximate surface area is 157 Å². The standard InChI is InChI=1S/C21H20FN3O2/c1-14(2)27-19-9-7-17(8-10-19)25-21(26)15-6-11-20(23-13-15)24-18-5-3-4-16(22)12-18/h3-14H,1-2H3,(H,23,24)(H,25,26). The molecule has 0 radical (unpaired) electrons. The molecule has 3 aromatic rings. The fourth-order valence-corrected chi connectivity index (χ4v) is 2.41. The van der Waals surface area contributed by atoms with Crippen molar-refractivity contribution in [3.8, 4) is 5.75 Å². The number of nitrogens with zero attached hydrogens (tertiary/aromatic N) is 1. The minimum Gasteiger partial charge on any atom is -0.491 e. The van der Waals surface area contributed by atoms with Gasteiger partial charge in [-0.2, -0.15) is 0 Å². The summed E-state index contributed by atoms with van der Waals surface area (Å²) in [7, 11) is 0. The lowest BCUT2D eigenvalue weighted by atomic mass is 10.2. The highest BCUT2D eigenvalue weighted by atomic mass is 19.1. The van der Waals surface area contributed by atoms with Gasteiger partial charge >= 0.3 is 0 Å². The number of amides is 1. The Morgan fingerprint density at radius 1 is 1.04 bits per heavy atom. The summed E-state index contributed by atoms with van der Waals surface area (Å²) in [4.78, 5) is 16.5. The van der Waals surface area contributed by atoms with E-state index in [1.165, 1.54) is 18.3 Å². The summed E-state index contributed by atoms with van der Waals surface area (Å²) >= 11 is 0. The molecule has 0 aliphatic carbocycles. The maximum atomic E-state index is 13.2. The van der Waals surface area contributed by atoms with Crippen LogP contribution in [0.3, 0.4) is 0 Å². The maximum Gasteiger partial charge on any atom is 0.257 e. The van der Waals surface area contributed by atoms with Crippen molar-refractivity contribution in [3.63, 3.8) is 0 Å². The van der Waals surface area contributed by atoms with E-state index < -0.39 is 0 Å². The van der Waals surface area contributed by atoms with E-state index in [4.69, 9.17) is 4.74 Å². The normalized spacial score (nSPS) is 10.5. The number of nitrogens with one attached hydrogen (secondary N) is 2. The summed E-state index contributed by atoms with van der Waals surface area (Å²) < 4.78 is 18.8. The van der Waals surface area contributed by atoms with Gasteiger partial charge in [0, 0.05) is 17.6 Å². The molecule has 0 aliphatic heterocycles. The van der Waals surface area contributed by atoms with Crippen molar-refractivity contribution in [3.05, 3.63) is 78.2 Å². The van der Waals surface area contributed by atoms with Gasteiger partial charge in [-0.1, -0.05) is 6.07 Å². The highest BCUT2D eigenvalue weighted by Gasteiger charge is 2.08. The van der Waals surface area contributed by atoms with Crippen molar-refractivity contribution in [2.75, 3.05) is 10.6 Å². The minimum atomic E-state index is -0.333. The second-order valence-electron chi connectivity index (χ2n) is 6.21. The zero-order chi connectivity index (χ0) is 19.2. The molecule has 1 aromatic heterocycles. The van der Waals surface area contributed by atoms with Gasteiger partial charge in [-0.05, 0) is 68.4 Å². The molecular formula is C21H20FN3O2. The first-order chi connectivity index (χ1) is 13.0. The van der Waals surface area contributed by atoms with Crippen LogP contribution in [0.5, 0.6) is 5.75 Å². The van der Waals surface area contributed by atoms with Crippen molar-refractivity contribution in [1.29, 1.82) is 0 Å². The number of hydrogen-bond donors (Lipinski definition) is 2. The summed E-state index contributed by atoms with van der Waals surface area (Å²) in [5.41, 5.74) is 1.67. The van der Waals surface area contributed by atoms with Gasteiger partial charge in [-0.3, -0.25) is 4.79 Å². The Morgan fingerprint density at radius 3 is 2.44 bits per heavy atom. The highest BCUT2D eigenvalue weighted by molar-refractivity contribution is 6.04. The van der Waals surface area contributed by atoms with Crippen LogP contribution in [0.1, 0.15) is 24.2 Å².